The largest absolute Gasteiger partial charge is 0.497 e. The quantitative estimate of drug-likeness (QED) is 0.632. The van der Waals surface area contributed by atoms with E-state index >= 15 is 0 Å². The summed E-state index contributed by atoms with van der Waals surface area (Å²) in [6.45, 7) is 0. The molecule has 4 nitrogen and oxygen atoms in total. The van der Waals surface area contributed by atoms with E-state index in [9.17, 15) is 0 Å². The Labute approximate surface area is 147 Å². The Morgan fingerprint density at radius 1 is 0.800 bits per heavy atom. The van der Waals surface area contributed by atoms with E-state index in [4.69, 9.17) is 14.5 Å². The average molecular weight is 332 g/mol. The van der Waals surface area contributed by atoms with E-state index < -0.39 is 0 Å². The van der Waals surface area contributed by atoms with Crippen molar-refractivity contribution in [3.8, 4) is 11.5 Å². The number of methoxy groups -OCH3 is 2. The number of aromatic nitrogens is 1. The van der Waals surface area contributed by atoms with Gasteiger partial charge in [-0.3, -0.25) is 9.98 Å². The molecule has 0 atom stereocenters. The Bertz CT molecular complexity index is 765. The van der Waals surface area contributed by atoms with Crippen LogP contribution >= 0.6 is 0 Å². The molecule has 4 heteroatoms. The summed E-state index contributed by atoms with van der Waals surface area (Å²) in [5.74, 6) is 1.65. The predicted octanol–water partition coefficient (Wildman–Crippen LogP) is 4.31. The number of pyridine rings is 1. The van der Waals surface area contributed by atoms with E-state index in [1.54, 1.807) is 26.6 Å². The van der Waals surface area contributed by atoms with Gasteiger partial charge in [-0.05, 0) is 47.5 Å². The van der Waals surface area contributed by atoms with Crippen molar-refractivity contribution < 1.29 is 9.47 Å². The maximum atomic E-state index is 5.25. The molecule has 0 saturated carbocycles. The van der Waals surface area contributed by atoms with Gasteiger partial charge < -0.3 is 9.47 Å². The van der Waals surface area contributed by atoms with Crippen molar-refractivity contribution in [1.82, 2.24) is 4.98 Å². The molecule has 1 aromatic heterocycles. The fourth-order valence-corrected chi connectivity index (χ4v) is 2.54. The summed E-state index contributed by atoms with van der Waals surface area (Å²) in [6, 6.07) is 21.6. The minimum atomic E-state index is -0.126. The third-order valence-electron chi connectivity index (χ3n) is 3.91. The number of hydrogen-bond donors (Lipinski definition) is 0. The molecule has 1 heterocycles. The van der Waals surface area contributed by atoms with Crippen molar-refractivity contribution >= 4 is 6.21 Å². The van der Waals surface area contributed by atoms with Crippen LogP contribution in [0.15, 0.2) is 77.9 Å². The first kappa shape index (κ1) is 16.7. The van der Waals surface area contributed by atoms with Gasteiger partial charge in [-0.1, -0.05) is 30.3 Å². The van der Waals surface area contributed by atoms with Crippen molar-refractivity contribution in [2.75, 3.05) is 14.2 Å². The van der Waals surface area contributed by atoms with Crippen LogP contribution in [0.2, 0.25) is 0 Å². The summed E-state index contributed by atoms with van der Waals surface area (Å²) in [6.07, 6.45) is 3.57. The van der Waals surface area contributed by atoms with Crippen LogP contribution in [0, 0.1) is 0 Å². The minimum Gasteiger partial charge on any atom is -0.497 e. The van der Waals surface area contributed by atoms with Crippen LogP contribution in [0.5, 0.6) is 11.5 Å². The Morgan fingerprint density at radius 3 is 1.80 bits per heavy atom. The van der Waals surface area contributed by atoms with Gasteiger partial charge in [0.05, 0.1) is 26.0 Å². The SMILES string of the molecule is COc1ccc(C(/N=C/c2ccccn2)c2ccc(OC)cc2)cc1. The average Bonchev–Trinajstić information content (AvgIpc) is 2.70. The van der Waals surface area contributed by atoms with Crippen LogP contribution in [-0.4, -0.2) is 25.4 Å². The number of ether oxygens (including phenoxy) is 2. The predicted molar refractivity (Wildman–Crippen MR) is 99.7 cm³/mol. The molecule has 0 fully saturated rings. The molecule has 0 radical (unpaired) electrons. The summed E-state index contributed by atoms with van der Waals surface area (Å²) in [5.41, 5.74) is 2.99. The standard InChI is InChI=1S/C21H20N2O2/c1-24-19-10-6-16(7-11-19)21(17-8-12-20(25-2)13-9-17)23-15-18-5-3-4-14-22-18/h3-15,21H,1-2H3/b23-15+. The minimum absolute atomic E-state index is 0.126. The van der Waals surface area contributed by atoms with Gasteiger partial charge >= 0.3 is 0 Å². The van der Waals surface area contributed by atoms with Gasteiger partial charge in [0.2, 0.25) is 0 Å². The lowest BCUT2D eigenvalue weighted by molar-refractivity contribution is 0.414. The zero-order valence-electron chi connectivity index (χ0n) is 14.3. The molecule has 0 bridgehead atoms. The van der Waals surface area contributed by atoms with Crippen LogP contribution in [0.3, 0.4) is 0 Å². The summed E-state index contributed by atoms with van der Waals surface area (Å²) >= 11 is 0. The number of hydrogen-bond acceptors (Lipinski definition) is 4. The van der Waals surface area contributed by atoms with Gasteiger partial charge in [-0.2, -0.15) is 0 Å². The summed E-state index contributed by atoms with van der Waals surface area (Å²) in [5, 5.41) is 0. The third-order valence-corrected chi connectivity index (χ3v) is 3.91. The fraction of sp³-hybridized carbons (Fsp3) is 0.143. The highest BCUT2D eigenvalue weighted by molar-refractivity contribution is 5.77. The molecule has 0 spiro atoms. The molecule has 3 rings (SSSR count). The lowest BCUT2D eigenvalue weighted by Crippen LogP contribution is -2.00. The Morgan fingerprint density at radius 2 is 1.36 bits per heavy atom. The van der Waals surface area contributed by atoms with Gasteiger partial charge in [0, 0.05) is 12.4 Å². The van der Waals surface area contributed by atoms with Crippen molar-refractivity contribution in [1.29, 1.82) is 0 Å². The number of rotatable bonds is 6. The van der Waals surface area contributed by atoms with E-state index in [1.807, 2.05) is 66.7 Å². The van der Waals surface area contributed by atoms with Gasteiger partial charge in [-0.15, -0.1) is 0 Å². The molecule has 0 aliphatic carbocycles. The lowest BCUT2D eigenvalue weighted by atomic mass is 9.99. The van der Waals surface area contributed by atoms with E-state index in [2.05, 4.69) is 4.98 Å². The van der Waals surface area contributed by atoms with Gasteiger partial charge in [0.25, 0.3) is 0 Å². The molecule has 0 aliphatic heterocycles. The number of nitrogens with zero attached hydrogens (tertiary/aromatic N) is 2. The monoisotopic (exact) mass is 332 g/mol. The topological polar surface area (TPSA) is 43.7 Å². The van der Waals surface area contributed by atoms with E-state index in [-0.39, 0.29) is 6.04 Å². The molecule has 0 aliphatic rings. The van der Waals surface area contributed by atoms with Crippen LogP contribution in [0.4, 0.5) is 0 Å². The van der Waals surface area contributed by atoms with Crippen LogP contribution in [0.1, 0.15) is 22.9 Å². The molecular formula is C21H20N2O2. The maximum Gasteiger partial charge on any atom is 0.118 e. The molecule has 25 heavy (non-hydrogen) atoms. The Kier molecular flexibility index (Phi) is 5.42. The first-order valence-electron chi connectivity index (χ1n) is 8.02. The van der Waals surface area contributed by atoms with E-state index in [1.165, 1.54) is 0 Å². The van der Waals surface area contributed by atoms with Gasteiger partial charge in [0.15, 0.2) is 0 Å². The maximum absolute atomic E-state index is 5.25. The van der Waals surface area contributed by atoms with Crippen molar-refractivity contribution in [3.63, 3.8) is 0 Å². The molecule has 2 aromatic carbocycles. The second-order valence-corrected chi connectivity index (χ2v) is 5.48. The molecule has 0 N–H and O–H groups in total. The Balaban J connectivity index is 1.95. The number of aliphatic imine (C=N–C) groups is 1. The van der Waals surface area contributed by atoms with Crippen LogP contribution < -0.4 is 9.47 Å². The highest BCUT2D eigenvalue weighted by Gasteiger charge is 2.13. The summed E-state index contributed by atoms with van der Waals surface area (Å²) in [4.78, 5) is 9.08. The fourth-order valence-electron chi connectivity index (χ4n) is 2.54. The third kappa shape index (κ3) is 4.23. The first-order chi connectivity index (χ1) is 12.3. The molecular weight excluding hydrogens is 312 g/mol. The number of benzene rings is 2. The second-order valence-electron chi connectivity index (χ2n) is 5.48. The Hall–Kier alpha value is -3.14. The van der Waals surface area contributed by atoms with Crippen LogP contribution in [0.25, 0.3) is 0 Å². The van der Waals surface area contributed by atoms with E-state index in [0.29, 0.717) is 0 Å². The van der Waals surface area contributed by atoms with Crippen molar-refractivity contribution in [2.24, 2.45) is 4.99 Å². The molecule has 0 unspecified atom stereocenters. The first-order valence-corrected chi connectivity index (χ1v) is 8.02. The molecule has 0 saturated heterocycles. The van der Waals surface area contributed by atoms with Crippen LogP contribution in [-0.2, 0) is 0 Å². The zero-order valence-corrected chi connectivity index (χ0v) is 14.3. The second kappa shape index (κ2) is 8.11. The summed E-state index contributed by atoms with van der Waals surface area (Å²) in [7, 11) is 3.32. The van der Waals surface area contributed by atoms with E-state index in [0.717, 1.165) is 28.3 Å². The van der Waals surface area contributed by atoms with Gasteiger partial charge in [-0.25, -0.2) is 0 Å². The molecule has 3 aromatic rings. The van der Waals surface area contributed by atoms with Crippen molar-refractivity contribution in [3.05, 3.63) is 89.7 Å². The lowest BCUT2D eigenvalue weighted by Gasteiger charge is -2.14. The normalized spacial score (nSPS) is 11.0. The highest BCUT2D eigenvalue weighted by Crippen LogP contribution is 2.29. The molecule has 0 amide bonds. The molecule has 126 valence electrons. The van der Waals surface area contributed by atoms with Crippen molar-refractivity contribution in [2.45, 2.75) is 6.04 Å². The zero-order chi connectivity index (χ0) is 17.5. The summed E-state index contributed by atoms with van der Waals surface area (Å²) < 4.78 is 10.5. The smallest absolute Gasteiger partial charge is 0.118 e. The van der Waals surface area contributed by atoms with Gasteiger partial charge in [0.1, 0.15) is 11.5 Å². The highest BCUT2D eigenvalue weighted by atomic mass is 16.5.